The normalized spacial score (nSPS) is 13.4. The summed E-state index contributed by atoms with van der Waals surface area (Å²) in [7, 11) is 1.57. The Labute approximate surface area is 137 Å². The SMILES string of the molecule is COC[C@@](C)(CNC(=O)c1cccs1)NC(=O)c1cccs1. The summed E-state index contributed by atoms with van der Waals surface area (Å²) in [4.78, 5) is 25.5. The molecule has 0 bridgehead atoms. The molecule has 2 aromatic rings. The lowest BCUT2D eigenvalue weighted by Crippen LogP contribution is -2.56. The van der Waals surface area contributed by atoms with Crippen molar-refractivity contribution in [3.8, 4) is 0 Å². The zero-order valence-corrected chi connectivity index (χ0v) is 14.1. The Morgan fingerprint density at radius 1 is 1.14 bits per heavy atom. The van der Waals surface area contributed by atoms with Gasteiger partial charge in [0.1, 0.15) is 0 Å². The second-order valence-electron chi connectivity index (χ2n) is 5.09. The number of carbonyl (C=O) groups is 2. The van der Waals surface area contributed by atoms with Crippen LogP contribution in [-0.2, 0) is 4.74 Å². The van der Waals surface area contributed by atoms with E-state index < -0.39 is 5.54 Å². The fraction of sp³-hybridized carbons (Fsp3) is 0.333. The molecule has 2 heterocycles. The molecule has 0 radical (unpaired) electrons. The minimum absolute atomic E-state index is 0.150. The van der Waals surface area contributed by atoms with Crippen LogP contribution in [0.4, 0.5) is 0 Å². The molecule has 0 aliphatic carbocycles. The van der Waals surface area contributed by atoms with Gasteiger partial charge >= 0.3 is 0 Å². The van der Waals surface area contributed by atoms with Crippen LogP contribution in [0.25, 0.3) is 0 Å². The highest BCUT2D eigenvalue weighted by Gasteiger charge is 2.28. The lowest BCUT2D eigenvalue weighted by Gasteiger charge is -2.30. The molecule has 7 heteroatoms. The number of carbonyl (C=O) groups excluding carboxylic acids is 2. The van der Waals surface area contributed by atoms with E-state index in [0.29, 0.717) is 16.4 Å². The average molecular weight is 338 g/mol. The van der Waals surface area contributed by atoms with Gasteiger partial charge in [-0.25, -0.2) is 0 Å². The lowest BCUT2D eigenvalue weighted by molar-refractivity contribution is 0.0760. The Morgan fingerprint density at radius 2 is 1.73 bits per heavy atom. The summed E-state index contributed by atoms with van der Waals surface area (Å²) in [6.07, 6.45) is 0. The summed E-state index contributed by atoms with van der Waals surface area (Å²) in [6, 6.07) is 7.17. The van der Waals surface area contributed by atoms with Crippen molar-refractivity contribution in [2.75, 3.05) is 20.3 Å². The van der Waals surface area contributed by atoms with Gasteiger partial charge in [-0.3, -0.25) is 9.59 Å². The predicted molar refractivity (Wildman–Crippen MR) is 88.7 cm³/mol. The van der Waals surface area contributed by atoms with Crippen LogP contribution in [0.15, 0.2) is 35.0 Å². The first-order valence-corrected chi connectivity index (χ1v) is 8.47. The maximum absolute atomic E-state index is 12.2. The number of rotatable bonds is 7. The summed E-state index contributed by atoms with van der Waals surface area (Å²) in [5, 5.41) is 9.47. The monoisotopic (exact) mass is 338 g/mol. The highest BCUT2D eigenvalue weighted by Crippen LogP contribution is 2.12. The van der Waals surface area contributed by atoms with Crippen LogP contribution in [0.3, 0.4) is 0 Å². The highest BCUT2D eigenvalue weighted by atomic mass is 32.1. The summed E-state index contributed by atoms with van der Waals surface area (Å²) in [5.41, 5.74) is -0.678. The van der Waals surface area contributed by atoms with E-state index in [1.165, 1.54) is 22.7 Å². The largest absolute Gasteiger partial charge is 0.382 e. The molecular formula is C15H18N2O3S2. The van der Waals surface area contributed by atoms with E-state index in [-0.39, 0.29) is 18.4 Å². The van der Waals surface area contributed by atoms with Crippen LogP contribution in [-0.4, -0.2) is 37.6 Å². The van der Waals surface area contributed by atoms with Gasteiger partial charge in [0.05, 0.1) is 21.9 Å². The van der Waals surface area contributed by atoms with Crippen molar-refractivity contribution in [1.29, 1.82) is 0 Å². The van der Waals surface area contributed by atoms with Crippen LogP contribution in [0.1, 0.15) is 26.3 Å². The van der Waals surface area contributed by atoms with E-state index in [1.54, 1.807) is 19.2 Å². The van der Waals surface area contributed by atoms with Crippen molar-refractivity contribution in [2.24, 2.45) is 0 Å². The molecule has 5 nitrogen and oxygen atoms in total. The molecule has 0 aromatic carbocycles. The fourth-order valence-corrected chi connectivity index (χ4v) is 3.22. The van der Waals surface area contributed by atoms with Gasteiger partial charge in [0, 0.05) is 13.7 Å². The molecule has 0 saturated heterocycles. The maximum Gasteiger partial charge on any atom is 0.261 e. The number of methoxy groups -OCH3 is 1. The van der Waals surface area contributed by atoms with Gasteiger partial charge in [0.25, 0.3) is 11.8 Å². The van der Waals surface area contributed by atoms with Crippen molar-refractivity contribution in [3.63, 3.8) is 0 Å². The molecule has 0 fully saturated rings. The summed E-state index contributed by atoms with van der Waals surface area (Å²) in [6.45, 7) is 2.43. The molecule has 2 aromatic heterocycles. The van der Waals surface area contributed by atoms with Crippen LogP contribution >= 0.6 is 22.7 Å². The van der Waals surface area contributed by atoms with E-state index in [9.17, 15) is 9.59 Å². The minimum atomic E-state index is -0.678. The predicted octanol–water partition coefficient (Wildman–Crippen LogP) is 2.37. The van der Waals surface area contributed by atoms with Gasteiger partial charge in [-0.05, 0) is 29.8 Å². The summed E-state index contributed by atoms with van der Waals surface area (Å²) >= 11 is 2.75. The maximum atomic E-state index is 12.2. The van der Waals surface area contributed by atoms with E-state index in [2.05, 4.69) is 10.6 Å². The Morgan fingerprint density at radius 3 is 2.23 bits per heavy atom. The third kappa shape index (κ3) is 4.40. The highest BCUT2D eigenvalue weighted by molar-refractivity contribution is 7.12. The van der Waals surface area contributed by atoms with Crippen LogP contribution in [0.5, 0.6) is 0 Å². The molecule has 0 unspecified atom stereocenters. The van der Waals surface area contributed by atoms with E-state index in [4.69, 9.17) is 4.74 Å². The van der Waals surface area contributed by atoms with Crippen molar-refractivity contribution < 1.29 is 14.3 Å². The number of hydrogen-bond acceptors (Lipinski definition) is 5. The molecule has 0 spiro atoms. The third-order valence-electron chi connectivity index (χ3n) is 3.01. The standard InChI is InChI=1S/C15H18N2O3S2/c1-15(10-20-2,17-14(19)12-6-4-8-22-12)9-16-13(18)11-5-3-7-21-11/h3-8H,9-10H2,1-2H3,(H,16,18)(H,17,19)/t15-/m1/s1. The van der Waals surface area contributed by atoms with E-state index >= 15 is 0 Å². The molecule has 2 N–H and O–H groups in total. The first-order valence-electron chi connectivity index (χ1n) is 6.71. The Hall–Kier alpha value is -1.70. The number of ether oxygens (including phenoxy) is 1. The van der Waals surface area contributed by atoms with Gasteiger partial charge < -0.3 is 15.4 Å². The molecule has 0 saturated carbocycles. The topological polar surface area (TPSA) is 67.4 Å². The summed E-state index contributed by atoms with van der Waals surface area (Å²) in [5.74, 6) is -0.317. The van der Waals surface area contributed by atoms with Gasteiger partial charge in [0.15, 0.2) is 0 Å². The van der Waals surface area contributed by atoms with Crippen LogP contribution in [0, 0.1) is 0 Å². The molecule has 2 rings (SSSR count). The van der Waals surface area contributed by atoms with E-state index in [0.717, 1.165) is 0 Å². The van der Waals surface area contributed by atoms with Crippen molar-refractivity contribution >= 4 is 34.5 Å². The smallest absolute Gasteiger partial charge is 0.261 e. The molecular weight excluding hydrogens is 320 g/mol. The molecule has 2 amide bonds. The summed E-state index contributed by atoms with van der Waals surface area (Å²) < 4.78 is 5.19. The van der Waals surface area contributed by atoms with Gasteiger partial charge in [-0.1, -0.05) is 12.1 Å². The van der Waals surface area contributed by atoms with Crippen molar-refractivity contribution in [1.82, 2.24) is 10.6 Å². The van der Waals surface area contributed by atoms with Gasteiger partial charge in [-0.15, -0.1) is 22.7 Å². The molecule has 1 atom stereocenters. The zero-order valence-electron chi connectivity index (χ0n) is 12.4. The Bertz CT molecular complexity index is 611. The molecule has 0 aliphatic heterocycles. The lowest BCUT2D eigenvalue weighted by atomic mass is 10.0. The first-order chi connectivity index (χ1) is 10.5. The second kappa shape index (κ2) is 7.53. The number of hydrogen-bond donors (Lipinski definition) is 2. The molecule has 22 heavy (non-hydrogen) atoms. The van der Waals surface area contributed by atoms with Crippen molar-refractivity contribution in [2.45, 2.75) is 12.5 Å². The molecule has 0 aliphatic rings. The first kappa shape index (κ1) is 16.7. The van der Waals surface area contributed by atoms with Crippen LogP contribution in [0.2, 0.25) is 0 Å². The second-order valence-corrected chi connectivity index (χ2v) is 6.98. The number of nitrogens with one attached hydrogen (secondary N) is 2. The fourth-order valence-electron chi connectivity index (χ4n) is 1.96. The van der Waals surface area contributed by atoms with Gasteiger partial charge in [0.2, 0.25) is 0 Å². The Kier molecular flexibility index (Phi) is 5.70. The van der Waals surface area contributed by atoms with Crippen molar-refractivity contribution in [3.05, 3.63) is 44.8 Å². The number of amides is 2. The zero-order chi connectivity index (χ0) is 16.0. The Balaban J connectivity index is 1.98. The third-order valence-corrected chi connectivity index (χ3v) is 4.74. The molecule has 118 valence electrons. The van der Waals surface area contributed by atoms with E-state index in [1.807, 2.05) is 29.8 Å². The van der Waals surface area contributed by atoms with Crippen LogP contribution < -0.4 is 10.6 Å². The van der Waals surface area contributed by atoms with Gasteiger partial charge in [-0.2, -0.15) is 0 Å². The quantitative estimate of drug-likeness (QED) is 0.814. The minimum Gasteiger partial charge on any atom is -0.382 e. The number of thiophene rings is 2. The average Bonchev–Trinajstić information content (AvgIpc) is 3.17.